The monoisotopic (exact) mass is 288 g/mol. The summed E-state index contributed by atoms with van der Waals surface area (Å²) >= 11 is 6.28. The SMILES string of the molecule is Clc1cccc(OCc2cccnc2)c1CNC1CC1. The third-order valence-corrected chi connectivity index (χ3v) is 3.69. The number of nitrogens with one attached hydrogen (secondary N) is 1. The Morgan fingerprint density at radius 2 is 2.15 bits per heavy atom. The molecule has 104 valence electrons. The Bertz CT molecular complexity index is 570. The summed E-state index contributed by atoms with van der Waals surface area (Å²) in [4.78, 5) is 4.09. The number of aromatic nitrogens is 1. The summed E-state index contributed by atoms with van der Waals surface area (Å²) in [6.45, 7) is 1.26. The van der Waals surface area contributed by atoms with Crippen molar-refractivity contribution < 1.29 is 4.74 Å². The van der Waals surface area contributed by atoms with Crippen LogP contribution >= 0.6 is 11.6 Å². The van der Waals surface area contributed by atoms with E-state index in [0.717, 1.165) is 28.4 Å². The van der Waals surface area contributed by atoms with Gasteiger partial charge in [0.1, 0.15) is 12.4 Å². The fraction of sp³-hybridized carbons (Fsp3) is 0.312. The zero-order valence-electron chi connectivity index (χ0n) is 11.2. The highest BCUT2D eigenvalue weighted by Gasteiger charge is 2.21. The molecule has 0 saturated heterocycles. The summed E-state index contributed by atoms with van der Waals surface area (Å²) in [5, 5.41) is 4.23. The topological polar surface area (TPSA) is 34.1 Å². The number of hydrogen-bond donors (Lipinski definition) is 1. The van der Waals surface area contributed by atoms with Crippen molar-refractivity contribution in [3.05, 3.63) is 58.9 Å². The van der Waals surface area contributed by atoms with Gasteiger partial charge in [0, 0.05) is 41.1 Å². The first-order chi connectivity index (χ1) is 9.83. The minimum atomic E-state index is 0.505. The van der Waals surface area contributed by atoms with Gasteiger partial charge >= 0.3 is 0 Å². The number of pyridine rings is 1. The van der Waals surface area contributed by atoms with Gasteiger partial charge in [-0.15, -0.1) is 0 Å². The van der Waals surface area contributed by atoms with E-state index in [9.17, 15) is 0 Å². The molecule has 1 aliphatic rings. The van der Waals surface area contributed by atoms with Gasteiger partial charge in [-0.05, 0) is 31.0 Å². The molecule has 2 aromatic rings. The van der Waals surface area contributed by atoms with Gasteiger partial charge in [-0.2, -0.15) is 0 Å². The van der Waals surface area contributed by atoms with Gasteiger partial charge in [0.05, 0.1) is 0 Å². The van der Waals surface area contributed by atoms with E-state index in [1.807, 2.05) is 36.5 Å². The van der Waals surface area contributed by atoms with Gasteiger partial charge in [0.2, 0.25) is 0 Å². The van der Waals surface area contributed by atoms with Gasteiger partial charge < -0.3 is 10.1 Å². The second-order valence-electron chi connectivity index (χ2n) is 5.02. The summed E-state index contributed by atoms with van der Waals surface area (Å²) in [5.41, 5.74) is 2.08. The average Bonchev–Trinajstić information content (AvgIpc) is 3.29. The van der Waals surface area contributed by atoms with E-state index in [0.29, 0.717) is 12.6 Å². The van der Waals surface area contributed by atoms with Crippen LogP contribution < -0.4 is 10.1 Å². The molecule has 3 nitrogen and oxygen atoms in total. The van der Waals surface area contributed by atoms with E-state index in [4.69, 9.17) is 16.3 Å². The highest BCUT2D eigenvalue weighted by Crippen LogP contribution is 2.28. The van der Waals surface area contributed by atoms with Crippen molar-refractivity contribution in [1.29, 1.82) is 0 Å². The molecule has 0 bridgehead atoms. The second-order valence-corrected chi connectivity index (χ2v) is 5.43. The Morgan fingerprint density at radius 3 is 2.90 bits per heavy atom. The molecule has 1 N–H and O–H groups in total. The van der Waals surface area contributed by atoms with Crippen molar-refractivity contribution in [2.24, 2.45) is 0 Å². The molecule has 0 aliphatic heterocycles. The van der Waals surface area contributed by atoms with Crippen molar-refractivity contribution in [2.45, 2.75) is 32.0 Å². The number of nitrogens with zero attached hydrogens (tertiary/aromatic N) is 1. The van der Waals surface area contributed by atoms with Crippen LogP contribution in [0, 0.1) is 0 Å². The summed E-state index contributed by atoms with van der Waals surface area (Å²) < 4.78 is 5.89. The minimum absolute atomic E-state index is 0.505. The maximum Gasteiger partial charge on any atom is 0.125 e. The fourth-order valence-corrected chi connectivity index (χ4v) is 2.26. The Kier molecular flexibility index (Phi) is 4.19. The van der Waals surface area contributed by atoms with Crippen molar-refractivity contribution in [2.75, 3.05) is 0 Å². The van der Waals surface area contributed by atoms with Crippen LogP contribution in [-0.2, 0) is 13.2 Å². The van der Waals surface area contributed by atoms with Crippen LogP contribution in [0.15, 0.2) is 42.7 Å². The predicted molar refractivity (Wildman–Crippen MR) is 79.9 cm³/mol. The molecule has 1 saturated carbocycles. The number of rotatable bonds is 6. The lowest BCUT2D eigenvalue weighted by Crippen LogP contribution is -2.16. The molecule has 0 spiro atoms. The van der Waals surface area contributed by atoms with Gasteiger partial charge in [0.15, 0.2) is 0 Å². The van der Waals surface area contributed by atoms with Crippen LogP contribution in [0.5, 0.6) is 5.75 Å². The first kappa shape index (κ1) is 13.4. The van der Waals surface area contributed by atoms with E-state index in [-0.39, 0.29) is 0 Å². The largest absolute Gasteiger partial charge is 0.488 e. The molecular formula is C16H17ClN2O. The average molecular weight is 289 g/mol. The Labute approximate surface area is 123 Å². The third-order valence-electron chi connectivity index (χ3n) is 3.34. The lowest BCUT2D eigenvalue weighted by molar-refractivity contribution is 0.301. The van der Waals surface area contributed by atoms with Crippen LogP contribution in [0.1, 0.15) is 24.0 Å². The maximum absolute atomic E-state index is 6.28. The standard InChI is InChI=1S/C16H17ClN2O/c17-15-4-1-5-16(14(15)10-19-13-6-7-13)20-11-12-3-2-8-18-9-12/h1-5,8-9,13,19H,6-7,10-11H2. The first-order valence-corrected chi connectivity index (χ1v) is 7.23. The van der Waals surface area contributed by atoms with Crippen LogP contribution in [0.3, 0.4) is 0 Å². The van der Waals surface area contributed by atoms with E-state index in [2.05, 4.69) is 10.3 Å². The predicted octanol–water partition coefficient (Wildman–Crippen LogP) is 3.57. The molecule has 0 amide bonds. The smallest absolute Gasteiger partial charge is 0.125 e. The zero-order valence-corrected chi connectivity index (χ0v) is 11.9. The molecule has 4 heteroatoms. The van der Waals surface area contributed by atoms with Crippen molar-refractivity contribution in [3.8, 4) is 5.75 Å². The molecule has 1 aromatic carbocycles. The van der Waals surface area contributed by atoms with Crippen LogP contribution in [-0.4, -0.2) is 11.0 Å². The molecule has 1 fully saturated rings. The van der Waals surface area contributed by atoms with E-state index < -0.39 is 0 Å². The lowest BCUT2D eigenvalue weighted by Gasteiger charge is -2.13. The summed E-state index contributed by atoms with van der Waals surface area (Å²) in [6, 6.07) is 10.3. The number of ether oxygens (including phenoxy) is 1. The molecule has 3 rings (SSSR count). The Hall–Kier alpha value is -1.58. The molecule has 20 heavy (non-hydrogen) atoms. The summed E-state index contributed by atoms with van der Waals surface area (Å²) in [7, 11) is 0. The molecule has 0 atom stereocenters. The highest BCUT2D eigenvalue weighted by molar-refractivity contribution is 6.31. The molecule has 1 heterocycles. The van der Waals surface area contributed by atoms with Gasteiger partial charge in [-0.1, -0.05) is 23.7 Å². The number of hydrogen-bond acceptors (Lipinski definition) is 3. The zero-order chi connectivity index (χ0) is 13.8. The van der Waals surface area contributed by atoms with Gasteiger partial charge in [-0.25, -0.2) is 0 Å². The lowest BCUT2D eigenvalue weighted by atomic mass is 10.2. The molecule has 1 aromatic heterocycles. The number of halogens is 1. The summed E-state index contributed by atoms with van der Waals surface area (Å²) in [6.07, 6.45) is 6.09. The molecular weight excluding hydrogens is 272 g/mol. The van der Waals surface area contributed by atoms with Gasteiger partial charge in [-0.3, -0.25) is 4.98 Å². The quantitative estimate of drug-likeness (QED) is 0.882. The summed E-state index contributed by atoms with van der Waals surface area (Å²) in [5.74, 6) is 0.842. The van der Waals surface area contributed by atoms with Crippen LogP contribution in [0.2, 0.25) is 5.02 Å². The third kappa shape index (κ3) is 3.50. The first-order valence-electron chi connectivity index (χ1n) is 6.85. The van der Waals surface area contributed by atoms with E-state index >= 15 is 0 Å². The van der Waals surface area contributed by atoms with Crippen LogP contribution in [0.25, 0.3) is 0 Å². The molecule has 0 radical (unpaired) electrons. The van der Waals surface area contributed by atoms with E-state index in [1.54, 1.807) is 6.20 Å². The fourth-order valence-electron chi connectivity index (χ4n) is 2.02. The minimum Gasteiger partial charge on any atom is -0.488 e. The maximum atomic E-state index is 6.28. The number of benzene rings is 1. The van der Waals surface area contributed by atoms with Crippen molar-refractivity contribution in [3.63, 3.8) is 0 Å². The Morgan fingerprint density at radius 1 is 1.25 bits per heavy atom. The normalized spacial score (nSPS) is 14.2. The van der Waals surface area contributed by atoms with Crippen molar-refractivity contribution in [1.82, 2.24) is 10.3 Å². The van der Waals surface area contributed by atoms with Gasteiger partial charge in [0.25, 0.3) is 0 Å². The van der Waals surface area contributed by atoms with E-state index in [1.165, 1.54) is 12.8 Å². The molecule has 0 unspecified atom stereocenters. The molecule has 1 aliphatic carbocycles. The second kappa shape index (κ2) is 6.25. The highest BCUT2D eigenvalue weighted by atomic mass is 35.5. The van der Waals surface area contributed by atoms with Crippen molar-refractivity contribution >= 4 is 11.6 Å². The van der Waals surface area contributed by atoms with Crippen LogP contribution in [0.4, 0.5) is 0 Å². The Balaban J connectivity index is 1.69.